The van der Waals surface area contributed by atoms with Crippen LogP contribution in [0.3, 0.4) is 0 Å². The number of methoxy groups -OCH3 is 1. The van der Waals surface area contributed by atoms with Crippen LogP contribution in [0, 0.1) is 0 Å². The molecule has 0 spiro atoms. The molecule has 2 aliphatic heterocycles. The van der Waals surface area contributed by atoms with Crippen molar-refractivity contribution in [2.45, 2.75) is 12.6 Å². The number of hydrogen-bond acceptors (Lipinski definition) is 5. The van der Waals surface area contributed by atoms with Gasteiger partial charge in [-0.1, -0.05) is 18.2 Å². The maximum absolute atomic E-state index is 12.3. The van der Waals surface area contributed by atoms with E-state index in [1.807, 2.05) is 18.2 Å². The lowest BCUT2D eigenvalue weighted by Crippen LogP contribution is -2.35. The van der Waals surface area contributed by atoms with Crippen LogP contribution in [0.25, 0.3) is 0 Å². The highest BCUT2D eigenvalue weighted by atomic mass is 16.5. The third-order valence-electron chi connectivity index (χ3n) is 3.98. The summed E-state index contributed by atoms with van der Waals surface area (Å²) < 4.78 is 10.6. The molecule has 0 aliphatic carbocycles. The van der Waals surface area contributed by atoms with Crippen molar-refractivity contribution >= 4 is 11.8 Å². The molecule has 24 heavy (non-hydrogen) atoms. The van der Waals surface area contributed by atoms with Crippen molar-refractivity contribution in [3.63, 3.8) is 0 Å². The Bertz CT molecular complexity index is 661. The molecule has 2 heterocycles. The van der Waals surface area contributed by atoms with Gasteiger partial charge in [0.15, 0.2) is 0 Å². The molecule has 0 aromatic heterocycles. The molecule has 2 amide bonds. The van der Waals surface area contributed by atoms with Gasteiger partial charge in [0.25, 0.3) is 11.8 Å². The van der Waals surface area contributed by atoms with E-state index in [1.165, 1.54) is 4.90 Å². The summed E-state index contributed by atoms with van der Waals surface area (Å²) in [5.74, 6) is -0.453. The van der Waals surface area contributed by atoms with E-state index in [0.29, 0.717) is 37.3 Å². The summed E-state index contributed by atoms with van der Waals surface area (Å²) in [6.45, 7) is 1.36. The standard InChI is InChI=1S/C18H20N2O4/c1-23-11-12-24-16-8-4-5-13(19-16)9-10-20-17(21)14-6-2-3-7-15(14)18(20)22/h2-8,16,19H,9-12H2,1H3. The number of rotatable bonds is 7. The van der Waals surface area contributed by atoms with Crippen molar-refractivity contribution in [2.75, 3.05) is 26.9 Å². The highest BCUT2D eigenvalue weighted by Gasteiger charge is 2.34. The summed E-state index contributed by atoms with van der Waals surface area (Å²) >= 11 is 0. The number of ether oxygens (including phenoxy) is 2. The first kappa shape index (κ1) is 16.4. The highest BCUT2D eigenvalue weighted by Crippen LogP contribution is 2.23. The summed E-state index contributed by atoms with van der Waals surface area (Å²) in [4.78, 5) is 26.0. The van der Waals surface area contributed by atoms with Crippen molar-refractivity contribution in [1.29, 1.82) is 0 Å². The van der Waals surface area contributed by atoms with Gasteiger partial charge in [-0.15, -0.1) is 0 Å². The number of nitrogens with one attached hydrogen (secondary N) is 1. The van der Waals surface area contributed by atoms with Gasteiger partial charge in [-0.25, -0.2) is 0 Å². The zero-order chi connectivity index (χ0) is 16.9. The summed E-state index contributed by atoms with van der Waals surface area (Å²) in [5.41, 5.74) is 1.89. The van der Waals surface area contributed by atoms with E-state index in [4.69, 9.17) is 9.47 Å². The lowest BCUT2D eigenvalue weighted by Gasteiger charge is -2.23. The summed E-state index contributed by atoms with van der Waals surface area (Å²) in [6.07, 6.45) is 6.07. The molecule has 2 aliphatic rings. The van der Waals surface area contributed by atoms with Crippen LogP contribution in [-0.4, -0.2) is 49.8 Å². The van der Waals surface area contributed by atoms with Crippen LogP contribution < -0.4 is 5.32 Å². The minimum Gasteiger partial charge on any atom is -0.382 e. The number of benzene rings is 1. The molecular weight excluding hydrogens is 308 g/mol. The van der Waals surface area contributed by atoms with Gasteiger partial charge in [0.1, 0.15) is 6.23 Å². The Kier molecular flexibility index (Phi) is 5.08. The fraction of sp³-hybridized carbons (Fsp3) is 0.333. The quantitative estimate of drug-likeness (QED) is 0.609. The Morgan fingerprint density at radius 2 is 1.83 bits per heavy atom. The highest BCUT2D eigenvalue weighted by molar-refractivity contribution is 6.21. The van der Waals surface area contributed by atoms with Gasteiger partial charge < -0.3 is 14.8 Å². The molecule has 6 nitrogen and oxygen atoms in total. The minimum atomic E-state index is -0.226. The van der Waals surface area contributed by atoms with Gasteiger partial charge in [-0.05, 0) is 24.3 Å². The van der Waals surface area contributed by atoms with Gasteiger partial charge >= 0.3 is 0 Å². The zero-order valence-electron chi connectivity index (χ0n) is 13.5. The summed E-state index contributed by atoms with van der Waals surface area (Å²) in [7, 11) is 1.63. The van der Waals surface area contributed by atoms with Crippen molar-refractivity contribution in [3.8, 4) is 0 Å². The molecule has 0 bridgehead atoms. The third-order valence-corrected chi connectivity index (χ3v) is 3.98. The molecule has 1 aromatic carbocycles. The average molecular weight is 328 g/mol. The molecule has 0 radical (unpaired) electrons. The van der Waals surface area contributed by atoms with Crippen LogP contribution >= 0.6 is 0 Å². The van der Waals surface area contributed by atoms with Crippen molar-refractivity contribution in [3.05, 3.63) is 59.3 Å². The lowest BCUT2D eigenvalue weighted by molar-refractivity contribution is 0.0277. The van der Waals surface area contributed by atoms with E-state index in [-0.39, 0.29) is 18.0 Å². The fourth-order valence-corrected chi connectivity index (χ4v) is 2.74. The number of fused-ring (bicyclic) bond motifs is 1. The second-order valence-electron chi connectivity index (χ2n) is 5.56. The van der Waals surface area contributed by atoms with Crippen LogP contribution in [0.15, 0.2) is 48.2 Å². The number of hydrogen-bond donors (Lipinski definition) is 1. The molecule has 3 rings (SSSR count). The third kappa shape index (κ3) is 3.39. The predicted molar refractivity (Wildman–Crippen MR) is 88.4 cm³/mol. The summed E-state index contributed by atoms with van der Waals surface area (Å²) in [5, 5.41) is 3.23. The number of dihydropyridines is 1. The second-order valence-corrected chi connectivity index (χ2v) is 5.56. The monoisotopic (exact) mass is 328 g/mol. The molecule has 1 unspecified atom stereocenters. The van der Waals surface area contributed by atoms with Crippen LogP contribution in [0.2, 0.25) is 0 Å². The Labute approximate surface area is 140 Å². The van der Waals surface area contributed by atoms with Crippen LogP contribution in [0.4, 0.5) is 0 Å². The normalized spacial score (nSPS) is 19.3. The lowest BCUT2D eigenvalue weighted by atomic mass is 10.1. The van der Waals surface area contributed by atoms with Gasteiger partial charge in [-0.3, -0.25) is 14.5 Å². The molecule has 0 saturated heterocycles. The number of imide groups is 1. The van der Waals surface area contributed by atoms with Crippen molar-refractivity contribution < 1.29 is 19.1 Å². The number of carbonyl (C=O) groups is 2. The van der Waals surface area contributed by atoms with Gasteiger partial charge in [-0.2, -0.15) is 0 Å². The molecule has 126 valence electrons. The van der Waals surface area contributed by atoms with E-state index in [1.54, 1.807) is 31.4 Å². The Balaban J connectivity index is 1.55. The Morgan fingerprint density at radius 3 is 2.50 bits per heavy atom. The fourth-order valence-electron chi connectivity index (χ4n) is 2.74. The molecule has 0 fully saturated rings. The van der Waals surface area contributed by atoms with Crippen molar-refractivity contribution in [2.24, 2.45) is 0 Å². The van der Waals surface area contributed by atoms with E-state index < -0.39 is 0 Å². The first-order chi connectivity index (χ1) is 11.7. The SMILES string of the molecule is COCCOC1C=CC=C(CCN2C(=O)c3ccccc3C2=O)N1. The number of nitrogens with zero attached hydrogens (tertiary/aromatic N) is 1. The molecule has 0 saturated carbocycles. The first-order valence-electron chi connectivity index (χ1n) is 7.90. The molecule has 6 heteroatoms. The second kappa shape index (κ2) is 7.42. The van der Waals surface area contributed by atoms with Gasteiger partial charge in [0, 0.05) is 25.8 Å². The smallest absolute Gasteiger partial charge is 0.261 e. The van der Waals surface area contributed by atoms with Gasteiger partial charge in [0.05, 0.1) is 24.3 Å². The Hall–Kier alpha value is -2.44. The van der Waals surface area contributed by atoms with Crippen LogP contribution in [-0.2, 0) is 9.47 Å². The maximum atomic E-state index is 12.3. The number of amides is 2. The van der Waals surface area contributed by atoms with E-state index in [2.05, 4.69) is 5.32 Å². The largest absolute Gasteiger partial charge is 0.382 e. The minimum absolute atomic E-state index is 0.220. The number of allylic oxidation sites excluding steroid dienone is 2. The van der Waals surface area contributed by atoms with Gasteiger partial charge in [0.2, 0.25) is 0 Å². The van der Waals surface area contributed by atoms with E-state index >= 15 is 0 Å². The Morgan fingerprint density at radius 1 is 1.12 bits per heavy atom. The molecular formula is C18H20N2O4. The molecule has 1 aromatic rings. The van der Waals surface area contributed by atoms with E-state index in [9.17, 15) is 9.59 Å². The topological polar surface area (TPSA) is 67.9 Å². The zero-order valence-corrected chi connectivity index (χ0v) is 13.5. The average Bonchev–Trinajstić information content (AvgIpc) is 2.85. The molecule has 1 atom stereocenters. The number of carbonyl (C=O) groups excluding carboxylic acids is 2. The predicted octanol–water partition coefficient (Wildman–Crippen LogP) is 1.71. The van der Waals surface area contributed by atoms with Crippen molar-refractivity contribution in [1.82, 2.24) is 10.2 Å². The first-order valence-corrected chi connectivity index (χ1v) is 7.90. The molecule has 1 N–H and O–H groups in total. The maximum Gasteiger partial charge on any atom is 0.261 e. The van der Waals surface area contributed by atoms with E-state index in [0.717, 1.165) is 5.70 Å². The summed E-state index contributed by atoms with van der Waals surface area (Å²) in [6, 6.07) is 6.92. The van der Waals surface area contributed by atoms with Crippen LogP contribution in [0.1, 0.15) is 27.1 Å². The van der Waals surface area contributed by atoms with Crippen LogP contribution in [0.5, 0.6) is 0 Å².